The highest BCUT2D eigenvalue weighted by Crippen LogP contribution is 2.28. The number of halogens is 1. The zero-order valence-electron chi connectivity index (χ0n) is 15.0. The second kappa shape index (κ2) is 8.73. The van der Waals surface area contributed by atoms with E-state index < -0.39 is 5.91 Å². The van der Waals surface area contributed by atoms with E-state index in [-0.39, 0.29) is 5.76 Å². The SMILES string of the molecule is CCOc1ccc(/C=N/NC(=O)c2cc3cc(Br)ccc3o2)cc1OCC. The summed E-state index contributed by atoms with van der Waals surface area (Å²) < 4.78 is 17.6. The molecule has 0 fully saturated rings. The average Bonchev–Trinajstić information content (AvgIpc) is 3.07. The molecule has 1 N–H and O–H groups in total. The first-order chi connectivity index (χ1) is 13.1. The van der Waals surface area contributed by atoms with Crippen LogP contribution in [0.25, 0.3) is 11.0 Å². The minimum Gasteiger partial charge on any atom is -0.490 e. The highest BCUT2D eigenvalue weighted by atomic mass is 79.9. The molecule has 0 aliphatic heterocycles. The molecule has 0 saturated heterocycles. The molecular formula is C20H19BrN2O4. The standard InChI is InChI=1S/C20H19BrN2O4/c1-3-25-17-7-5-13(9-18(17)26-4-2)12-22-23-20(24)19-11-14-10-15(21)6-8-16(14)27-19/h5-12H,3-4H2,1-2H3,(H,23,24)/b22-12+. The Hall–Kier alpha value is -2.80. The molecule has 1 heterocycles. The van der Waals surface area contributed by atoms with Gasteiger partial charge in [0.05, 0.1) is 19.4 Å². The average molecular weight is 431 g/mol. The van der Waals surface area contributed by atoms with Crippen molar-refractivity contribution in [2.45, 2.75) is 13.8 Å². The number of nitrogens with zero attached hydrogens (tertiary/aromatic N) is 1. The van der Waals surface area contributed by atoms with Crippen molar-refractivity contribution in [1.29, 1.82) is 0 Å². The normalized spacial score (nSPS) is 11.1. The zero-order chi connectivity index (χ0) is 19.2. The lowest BCUT2D eigenvalue weighted by Gasteiger charge is -2.11. The van der Waals surface area contributed by atoms with E-state index in [0.717, 1.165) is 15.4 Å². The van der Waals surface area contributed by atoms with Crippen molar-refractivity contribution in [3.63, 3.8) is 0 Å². The molecule has 27 heavy (non-hydrogen) atoms. The second-order valence-corrected chi connectivity index (χ2v) is 6.48. The Labute approximate surface area is 165 Å². The summed E-state index contributed by atoms with van der Waals surface area (Å²) in [7, 11) is 0. The lowest BCUT2D eigenvalue weighted by molar-refractivity contribution is 0.0929. The summed E-state index contributed by atoms with van der Waals surface area (Å²) in [5.41, 5.74) is 3.88. The number of carbonyl (C=O) groups is 1. The van der Waals surface area contributed by atoms with Crippen LogP contribution >= 0.6 is 15.9 Å². The Balaban J connectivity index is 1.70. The summed E-state index contributed by atoms with van der Waals surface area (Å²) in [4.78, 5) is 12.2. The number of benzene rings is 2. The maximum atomic E-state index is 12.2. The second-order valence-electron chi connectivity index (χ2n) is 5.56. The first-order valence-electron chi connectivity index (χ1n) is 8.53. The van der Waals surface area contributed by atoms with Gasteiger partial charge in [-0.15, -0.1) is 0 Å². The number of rotatable bonds is 7. The molecule has 1 aromatic heterocycles. The smallest absolute Gasteiger partial charge is 0.307 e. The van der Waals surface area contributed by atoms with Gasteiger partial charge in [-0.2, -0.15) is 5.10 Å². The van der Waals surface area contributed by atoms with Crippen LogP contribution in [0.2, 0.25) is 0 Å². The highest BCUT2D eigenvalue weighted by molar-refractivity contribution is 9.10. The van der Waals surface area contributed by atoms with Crippen molar-refractivity contribution in [1.82, 2.24) is 5.43 Å². The Morgan fingerprint density at radius 3 is 2.67 bits per heavy atom. The summed E-state index contributed by atoms with van der Waals surface area (Å²) in [5.74, 6) is 1.09. The van der Waals surface area contributed by atoms with Crippen molar-refractivity contribution >= 4 is 39.0 Å². The van der Waals surface area contributed by atoms with Crippen molar-refractivity contribution in [3.05, 3.63) is 58.3 Å². The van der Waals surface area contributed by atoms with Gasteiger partial charge < -0.3 is 13.9 Å². The van der Waals surface area contributed by atoms with Crippen LogP contribution < -0.4 is 14.9 Å². The number of hydrogen-bond acceptors (Lipinski definition) is 5. The maximum absolute atomic E-state index is 12.2. The van der Waals surface area contributed by atoms with E-state index in [1.807, 2.05) is 44.2 Å². The summed E-state index contributed by atoms with van der Waals surface area (Å²) in [6, 6.07) is 12.7. The van der Waals surface area contributed by atoms with Gasteiger partial charge in [-0.3, -0.25) is 4.79 Å². The van der Waals surface area contributed by atoms with Gasteiger partial charge in [-0.25, -0.2) is 5.43 Å². The molecule has 0 aliphatic carbocycles. The molecule has 3 rings (SSSR count). The summed E-state index contributed by atoms with van der Waals surface area (Å²) in [6.45, 7) is 4.90. The summed E-state index contributed by atoms with van der Waals surface area (Å²) >= 11 is 3.39. The fourth-order valence-corrected chi connectivity index (χ4v) is 2.87. The molecule has 7 heteroatoms. The third-order valence-electron chi connectivity index (χ3n) is 3.65. The number of carbonyl (C=O) groups excluding carboxylic acids is 1. The van der Waals surface area contributed by atoms with E-state index in [1.54, 1.807) is 12.1 Å². The van der Waals surface area contributed by atoms with Gasteiger partial charge in [0.25, 0.3) is 0 Å². The first-order valence-corrected chi connectivity index (χ1v) is 9.32. The largest absolute Gasteiger partial charge is 0.490 e. The van der Waals surface area contributed by atoms with Crippen LogP contribution in [0, 0.1) is 0 Å². The van der Waals surface area contributed by atoms with Gasteiger partial charge in [-0.05, 0) is 61.9 Å². The lowest BCUT2D eigenvalue weighted by Crippen LogP contribution is -2.16. The van der Waals surface area contributed by atoms with Crippen LogP contribution in [0.1, 0.15) is 30.0 Å². The Morgan fingerprint density at radius 2 is 1.89 bits per heavy atom. The van der Waals surface area contributed by atoms with Crippen LogP contribution in [0.5, 0.6) is 11.5 Å². The van der Waals surface area contributed by atoms with E-state index in [1.165, 1.54) is 6.21 Å². The molecule has 0 aliphatic rings. The van der Waals surface area contributed by atoms with Crippen LogP contribution in [-0.2, 0) is 0 Å². The number of ether oxygens (including phenoxy) is 2. The fourth-order valence-electron chi connectivity index (χ4n) is 2.49. The van der Waals surface area contributed by atoms with Gasteiger partial charge in [0.2, 0.25) is 0 Å². The van der Waals surface area contributed by atoms with Crippen LogP contribution in [0.3, 0.4) is 0 Å². The highest BCUT2D eigenvalue weighted by Gasteiger charge is 2.12. The molecule has 6 nitrogen and oxygen atoms in total. The van der Waals surface area contributed by atoms with Gasteiger partial charge in [0.1, 0.15) is 5.58 Å². The number of nitrogens with one attached hydrogen (secondary N) is 1. The Morgan fingerprint density at radius 1 is 1.11 bits per heavy atom. The minimum atomic E-state index is -0.422. The van der Waals surface area contributed by atoms with Crippen molar-refractivity contribution in [3.8, 4) is 11.5 Å². The molecular weight excluding hydrogens is 412 g/mol. The molecule has 0 radical (unpaired) electrons. The Kier molecular flexibility index (Phi) is 6.13. The molecule has 0 saturated carbocycles. The quantitative estimate of drug-likeness (QED) is 0.433. The number of hydrazone groups is 1. The van der Waals surface area contributed by atoms with Gasteiger partial charge in [-0.1, -0.05) is 15.9 Å². The van der Waals surface area contributed by atoms with Crippen molar-refractivity contribution < 1.29 is 18.7 Å². The predicted octanol–water partition coefficient (Wildman–Crippen LogP) is 4.76. The van der Waals surface area contributed by atoms with Gasteiger partial charge in [0, 0.05) is 9.86 Å². The molecule has 0 spiro atoms. The lowest BCUT2D eigenvalue weighted by atomic mass is 10.2. The zero-order valence-corrected chi connectivity index (χ0v) is 16.6. The molecule has 0 bridgehead atoms. The molecule has 3 aromatic rings. The van der Waals surface area contributed by atoms with Crippen LogP contribution in [-0.4, -0.2) is 25.3 Å². The molecule has 0 unspecified atom stereocenters. The maximum Gasteiger partial charge on any atom is 0.307 e. The van der Waals surface area contributed by atoms with Gasteiger partial charge >= 0.3 is 5.91 Å². The van der Waals surface area contributed by atoms with E-state index in [0.29, 0.717) is 30.3 Å². The topological polar surface area (TPSA) is 73.1 Å². The Bertz CT molecular complexity index is 981. The fraction of sp³-hybridized carbons (Fsp3) is 0.200. The molecule has 140 valence electrons. The third kappa shape index (κ3) is 4.68. The molecule has 0 atom stereocenters. The number of fused-ring (bicyclic) bond motifs is 1. The molecule has 1 amide bonds. The molecule has 2 aromatic carbocycles. The monoisotopic (exact) mass is 430 g/mol. The summed E-state index contributed by atoms with van der Waals surface area (Å²) in [5, 5.41) is 4.83. The minimum absolute atomic E-state index is 0.196. The third-order valence-corrected chi connectivity index (χ3v) is 4.14. The van der Waals surface area contributed by atoms with E-state index in [4.69, 9.17) is 13.9 Å². The first kappa shape index (κ1) is 19.0. The van der Waals surface area contributed by atoms with Crippen LogP contribution in [0.15, 0.2) is 56.5 Å². The predicted molar refractivity (Wildman–Crippen MR) is 108 cm³/mol. The van der Waals surface area contributed by atoms with Crippen molar-refractivity contribution in [2.24, 2.45) is 5.10 Å². The van der Waals surface area contributed by atoms with E-state index in [9.17, 15) is 4.79 Å². The number of hydrogen-bond donors (Lipinski definition) is 1. The van der Waals surface area contributed by atoms with Crippen molar-refractivity contribution in [2.75, 3.05) is 13.2 Å². The number of furan rings is 1. The summed E-state index contributed by atoms with van der Waals surface area (Å²) in [6.07, 6.45) is 1.54. The van der Waals surface area contributed by atoms with Crippen LogP contribution in [0.4, 0.5) is 0 Å². The van der Waals surface area contributed by atoms with E-state index >= 15 is 0 Å². The van der Waals surface area contributed by atoms with E-state index in [2.05, 4.69) is 26.5 Å². The number of amides is 1. The van der Waals surface area contributed by atoms with Gasteiger partial charge in [0.15, 0.2) is 17.3 Å².